The van der Waals surface area contributed by atoms with Crippen LogP contribution in [0.4, 0.5) is 5.69 Å². The van der Waals surface area contributed by atoms with E-state index in [0.717, 1.165) is 6.42 Å². The van der Waals surface area contributed by atoms with E-state index in [-0.39, 0.29) is 25.4 Å². The lowest BCUT2D eigenvalue weighted by Crippen LogP contribution is -2.21. The average Bonchev–Trinajstić information content (AvgIpc) is 2.67. The van der Waals surface area contributed by atoms with Crippen LogP contribution in [-0.4, -0.2) is 30.9 Å². The van der Waals surface area contributed by atoms with E-state index in [9.17, 15) is 14.4 Å². The van der Waals surface area contributed by atoms with Gasteiger partial charge in [0.1, 0.15) is 5.75 Å². The number of carbonyl (C=O) groups is 3. The van der Waals surface area contributed by atoms with Crippen molar-refractivity contribution in [3.05, 3.63) is 59.7 Å². The van der Waals surface area contributed by atoms with Gasteiger partial charge >= 0.3 is 5.97 Å². The molecule has 0 radical (unpaired) electrons. The quantitative estimate of drug-likeness (QED) is 0.541. The van der Waals surface area contributed by atoms with Crippen molar-refractivity contribution >= 4 is 23.3 Å². The molecule has 0 unspecified atom stereocenters. The molecule has 1 N–H and O–H groups in total. The van der Waals surface area contributed by atoms with Crippen LogP contribution >= 0.6 is 0 Å². The summed E-state index contributed by atoms with van der Waals surface area (Å²) in [7, 11) is 0. The van der Waals surface area contributed by atoms with Crippen LogP contribution < -0.4 is 10.1 Å². The molecule has 0 aromatic heterocycles. The molecule has 0 saturated heterocycles. The van der Waals surface area contributed by atoms with E-state index in [1.54, 1.807) is 24.3 Å². The average molecular weight is 369 g/mol. The van der Waals surface area contributed by atoms with Gasteiger partial charge in [0, 0.05) is 11.3 Å². The number of Topliss-reactive ketones (excluding diaryl/α,β-unsaturated/α-hetero) is 1. The van der Waals surface area contributed by atoms with Crippen LogP contribution in [0.25, 0.3) is 0 Å². The lowest BCUT2D eigenvalue weighted by molar-refractivity contribution is -0.147. The molecule has 0 bridgehead atoms. The second-order valence-electron chi connectivity index (χ2n) is 5.94. The third-order valence-corrected chi connectivity index (χ3v) is 3.85. The maximum atomic E-state index is 11.8. The van der Waals surface area contributed by atoms with Gasteiger partial charge in [0.05, 0.1) is 13.0 Å². The first-order valence-corrected chi connectivity index (χ1v) is 8.76. The first-order chi connectivity index (χ1) is 13.0. The number of hydrogen-bond donors (Lipinski definition) is 1. The summed E-state index contributed by atoms with van der Waals surface area (Å²) in [4.78, 5) is 34.7. The Bertz CT molecular complexity index is 781. The molecule has 6 nitrogen and oxygen atoms in total. The Morgan fingerprint density at radius 2 is 1.63 bits per heavy atom. The number of aryl methyl sites for hydroxylation is 1. The van der Waals surface area contributed by atoms with Crippen LogP contribution in [0.2, 0.25) is 0 Å². The SMILES string of the molecule is CCc1ccc(NC(=O)COC(=O)CCOc2ccc(C(C)=O)cc2)cc1. The van der Waals surface area contributed by atoms with Crippen molar-refractivity contribution in [2.75, 3.05) is 18.5 Å². The topological polar surface area (TPSA) is 81.7 Å². The van der Waals surface area contributed by atoms with Gasteiger partial charge in [-0.15, -0.1) is 0 Å². The molecule has 0 atom stereocenters. The number of carbonyl (C=O) groups excluding carboxylic acids is 3. The number of hydrogen-bond acceptors (Lipinski definition) is 5. The van der Waals surface area contributed by atoms with Gasteiger partial charge in [-0.25, -0.2) is 0 Å². The summed E-state index contributed by atoms with van der Waals surface area (Å²) in [5.74, 6) is -0.383. The molecule has 0 spiro atoms. The maximum absolute atomic E-state index is 11.8. The first kappa shape index (κ1) is 20.2. The summed E-state index contributed by atoms with van der Waals surface area (Å²) in [5, 5.41) is 2.67. The van der Waals surface area contributed by atoms with Crippen LogP contribution in [0.1, 0.15) is 36.2 Å². The first-order valence-electron chi connectivity index (χ1n) is 8.76. The lowest BCUT2D eigenvalue weighted by Gasteiger charge is -2.08. The molecule has 0 heterocycles. The van der Waals surface area contributed by atoms with Crippen LogP contribution in [0.5, 0.6) is 5.75 Å². The number of rotatable bonds is 9. The largest absolute Gasteiger partial charge is 0.493 e. The molecule has 0 fully saturated rings. The molecule has 0 aliphatic heterocycles. The molecule has 0 aliphatic rings. The van der Waals surface area contributed by atoms with E-state index in [0.29, 0.717) is 17.0 Å². The van der Waals surface area contributed by atoms with E-state index in [1.165, 1.54) is 12.5 Å². The van der Waals surface area contributed by atoms with Crippen molar-refractivity contribution < 1.29 is 23.9 Å². The third-order valence-electron chi connectivity index (χ3n) is 3.85. The van der Waals surface area contributed by atoms with Gasteiger partial charge in [-0.05, 0) is 55.3 Å². The summed E-state index contributed by atoms with van der Waals surface area (Å²) in [6.07, 6.45) is 0.946. The van der Waals surface area contributed by atoms with Crippen molar-refractivity contribution in [3.8, 4) is 5.75 Å². The Hall–Kier alpha value is -3.15. The molecule has 142 valence electrons. The molecule has 27 heavy (non-hydrogen) atoms. The van der Waals surface area contributed by atoms with Gasteiger partial charge in [-0.1, -0.05) is 19.1 Å². The molecule has 0 aliphatic carbocycles. The van der Waals surface area contributed by atoms with Gasteiger partial charge < -0.3 is 14.8 Å². The Kier molecular flexibility index (Phi) is 7.55. The van der Waals surface area contributed by atoms with Crippen LogP contribution in [-0.2, 0) is 20.7 Å². The highest BCUT2D eigenvalue weighted by Crippen LogP contribution is 2.13. The minimum Gasteiger partial charge on any atom is -0.493 e. The standard InChI is InChI=1S/C21H23NO5/c1-3-16-4-8-18(9-5-16)22-20(24)14-27-21(25)12-13-26-19-10-6-17(7-11-19)15(2)23/h4-11H,3,12-14H2,1-2H3,(H,22,24). The van der Waals surface area contributed by atoms with Crippen molar-refractivity contribution in [2.45, 2.75) is 26.7 Å². The smallest absolute Gasteiger partial charge is 0.309 e. The zero-order chi connectivity index (χ0) is 19.6. The molecule has 0 saturated carbocycles. The van der Waals surface area contributed by atoms with E-state index in [1.807, 2.05) is 24.3 Å². The normalized spacial score (nSPS) is 10.1. The van der Waals surface area contributed by atoms with Crippen molar-refractivity contribution in [1.29, 1.82) is 0 Å². The predicted octanol–water partition coefficient (Wildman–Crippen LogP) is 3.40. The van der Waals surface area contributed by atoms with E-state index < -0.39 is 11.9 Å². The number of nitrogens with one attached hydrogen (secondary N) is 1. The molecular formula is C21H23NO5. The van der Waals surface area contributed by atoms with Gasteiger partial charge in [-0.2, -0.15) is 0 Å². The number of ketones is 1. The van der Waals surface area contributed by atoms with Crippen LogP contribution in [0, 0.1) is 0 Å². The Morgan fingerprint density at radius 3 is 2.22 bits per heavy atom. The van der Waals surface area contributed by atoms with Crippen LogP contribution in [0.15, 0.2) is 48.5 Å². The Labute approximate surface area is 158 Å². The fourth-order valence-electron chi connectivity index (χ4n) is 2.28. The third kappa shape index (κ3) is 6.93. The molecular weight excluding hydrogens is 346 g/mol. The van der Waals surface area contributed by atoms with Gasteiger partial charge in [-0.3, -0.25) is 14.4 Å². The van der Waals surface area contributed by atoms with Gasteiger partial charge in [0.25, 0.3) is 5.91 Å². The van der Waals surface area contributed by atoms with E-state index in [2.05, 4.69) is 12.2 Å². The number of anilines is 1. The second kappa shape index (κ2) is 10.1. The number of amides is 1. The Morgan fingerprint density at radius 1 is 0.963 bits per heavy atom. The van der Waals surface area contributed by atoms with Crippen LogP contribution in [0.3, 0.4) is 0 Å². The maximum Gasteiger partial charge on any atom is 0.309 e. The van der Waals surface area contributed by atoms with Gasteiger partial charge in [0.2, 0.25) is 0 Å². The molecule has 1 amide bonds. The molecule has 2 aromatic carbocycles. The number of ether oxygens (including phenoxy) is 2. The fraction of sp³-hybridized carbons (Fsp3) is 0.286. The van der Waals surface area contributed by atoms with Crippen molar-refractivity contribution in [2.24, 2.45) is 0 Å². The highest BCUT2D eigenvalue weighted by atomic mass is 16.5. The highest BCUT2D eigenvalue weighted by Gasteiger charge is 2.09. The summed E-state index contributed by atoms with van der Waals surface area (Å²) in [6, 6.07) is 14.1. The fourth-order valence-corrected chi connectivity index (χ4v) is 2.28. The zero-order valence-corrected chi connectivity index (χ0v) is 15.5. The zero-order valence-electron chi connectivity index (χ0n) is 15.5. The minimum absolute atomic E-state index is 0.0208. The number of benzene rings is 2. The van der Waals surface area contributed by atoms with E-state index in [4.69, 9.17) is 9.47 Å². The molecule has 2 aromatic rings. The number of esters is 1. The summed E-state index contributed by atoms with van der Waals surface area (Å²) < 4.78 is 10.4. The highest BCUT2D eigenvalue weighted by molar-refractivity contribution is 5.94. The summed E-state index contributed by atoms with van der Waals surface area (Å²) in [5.41, 5.74) is 2.43. The van der Waals surface area contributed by atoms with E-state index >= 15 is 0 Å². The van der Waals surface area contributed by atoms with Crippen molar-refractivity contribution in [1.82, 2.24) is 0 Å². The monoisotopic (exact) mass is 369 g/mol. The van der Waals surface area contributed by atoms with Crippen molar-refractivity contribution in [3.63, 3.8) is 0 Å². The minimum atomic E-state index is -0.521. The lowest BCUT2D eigenvalue weighted by atomic mass is 10.1. The van der Waals surface area contributed by atoms with Gasteiger partial charge in [0.15, 0.2) is 12.4 Å². The molecule has 2 rings (SSSR count). The summed E-state index contributed by atoms with van der Waals surface area (Å²) in [6.45, 7) is 3.32. The second-order valence-corrected chi connectivity index (χ2v) is 5.94. The molecule has 6 heteroatoms. The Balaban J connectivity index is 1.66. The predicted molar refractivity (Wildman–Crippen MR) is 102 cm³/mol. The summed E-state index contributed by atoms with van der Waals surface area (Å²) >= 11 is 0.